The van der Waals surface area contributed by atoms with Crippen LogP contribution in [-0.2, 0) is 10.0 Å². The summed E-state index contributed by atoms with van der Waals surface area (Å²) in [6.45, 7) is 3.32. The van der Waals surface area contributed by atoms with Gasteiger partial charge in [0.15, 0.2) is 0 Å². The van der Waals surface area contributed by atoms with Gasteiger partial charge < -0.3 is 14.8 Å². The van der Waals surface area contributed by atoms with Crippen LogP contribution in [0.15, 0.2) is 47.4 Å². The third-order valence-electron chi connectivity index (χ3n) is 6.62. The number of benzene rings is 2. The van der Waals surface area contributed by atoms with E-state index >= 15 is 0 Å². The van der Waals surface area contributed by atoms with E-state index in [1.165, 1.54) is 17.5 Å². The zero-order chi connectivity index (χ0) is 24.1. The number of methoxy groups -OCH3 is 2. The SMILES string of the molecule is COc1cccc([C@@H](CNC(=O)c2ccc(OC)c(S(=O)(=O)N3CCCC3)c2)N2CCCC2)c1. The van der Waals surface area contributed by atoms with Gasteiger partial charge in [-0.1, -0.05) is 12.1 Å². The molecule has 0 unspecified atom stereocenters. The summed E-state index contributed by atoms with van der Waals surface area (Å²) in [6, 6.07) is 12.5. The molecule has 0 saturated carbocycles. The molecule has 2 saturated heterocycles. The number of rotatable bonds is 9. The number of carbonyl (C=O) groups is 1. The first-order valence-corrected chi connectivity index (χ1v) is 13.2. The Morgan fingerprint density at radius 1 is 0.971 bits per heavy atom. The largest absolute Gasteiger partial charge is 0.497 e. The molecule has 0 aliphatic carbocycles. The van der Waals surface area contributed by atoms with Crippen molar-refractivity contribution in [2.24, 2.45) is 0 Å². The Balaban J connectivity index is 1.55. The lowest BCUT2D eigenvalue weighted by molar-refractivity contribution is 0.0937. The minimum absolute atomic E-state index is 0.00704. The number of ether oxygens (including phenoxy) is 2. The lowest BCUT2D eigenvalue weighted by Crippen LogP contribution is -2.37. The molecule has 2 aromatic carbocycles. The van der Waals surface area contributed by atoms with Gasteiger partial charge in [-0.05, 0) is 74.7 Å². The summed E-state index contributed by atoms with van der Waals surface area (Å²) in [4.78, 5) is 15.5. The van der Waals surface area contributed by atoms with Crippen molar-refractivity contribution in [3.63, 3.8) is 0 Å². The topological polar surface area (TPSA) is 88.2 Å². The highest BCUT2D eigenvalue weighted by atomic mass is 32.2. The zero-order valence-corrected chi connectivity index (χ0v) is 20.6. The van der Waals surface area contributed by atoms with E-state index in [1.807, 2.05) is 24.3 Å². The van der Waals surface area contributed by atoms with Crippen molar-refractivity contribution in [3.05, 3.63) is 53.6 Å². The van der Waals surface area contributed by atoms with Gasteiger partial charge in [-0.25, -0.2) is 8.42 Å². The lowest BCUT2D eigenvalue weighted by Gasteiger charge is -2.28. The number of nitrogens with zero attached hydrogens (tertiary/aromatic N) is 2. The summed E-state index contributed by atoms with van der Waals surface area (Å²) < 4.78 is 38.5. The molecule has 0 radical (unpaired) electrons. The molecule has 0 aromatic heterocycles. The highest BCUT2D eigenvalue weighted by Gasteiger charge is 2.31. The van der Waals surface area contributed by atoms with Crippen LogP contribution in [0.25, 0.3) is 0 Å². The number of nitrogens with one attached hydrogen (secondary N) is 1. The number of carbonyl (C=O) groups excluding carboxylic acids is 1. The molecule has 1 N–H and O–H groups in total. The van der Waals surface area contributed by atoms with Crippen LogP contribution in [0.2, 0.25) is 0 Å². The Hall–Kier alpha value is -2.62. The highest BCUT2D eigenvalue weighted by Crippen LogP contribution is 2.30. The van der Waals surface area contributed by atoms with E-state index in [-0.39, 0.29) is 22.6 Å². The summed E-state index contributed by atoms with van der Waals surface area (Å²) >= 11 is 0. The second kappa shape index (κ2) is 10.8. The second-order valence-electron chi connectivity index (χ2n) is 8.72. The van der Waals surface area contributed by atoms with Crippen molar-refractivity contribution in [2.45, 2.75) is 36.6 Å². The van der Waals surface area contributed by atoms with Crippen LogP contribution in [-0.4, -0.2) is 70.5 Å². The molecule has 0 spiro atoms. The Bertz CT molecular complexity index is 1110. The quantitative estimate of drug-likeness (QED) is 0.585. The normalized spacial score (nSPS) is 18.1. The molecule has 2 aliphatic rings. The van der Waals surface area contributed by atoms with Gasteiger partial charge in [0.1, 0.15) is 16.4 Å². The van der Waals surface area contributed by atoms with Gasteiger partial charge in [0.2, 0.25) is 10.0 Å². The number of amides is 1. The van der Waals surface area contributed by atoms with Gasteiger partial charge in [-0.15, -0.1) is 0 Å². The summed E-state index contributed by atoms with van der Waals surface area (Å²) in [7, 11) is -0.647. The number of hydrogen-bond acceptors (Lipinski definition) is 6. The lowest BCUT2D eigenvalue weighted by atomic mass is 10.0. The van der Waals surface area contributed by atoms with E-state index in [2.05, 4.69) is 10.2 Å². The van der Waals surface area contributed by atoms with E-state index in [4.69, 9.17) is 9.47 Å². The Morgan fingerprint density at radius 3 is 2.35 bits per heavy atom. The van der Waals surface area contributed by atoms with Crippen molar-refractivity contribution in [1.82, 2.24) is 14.5 Å². The molecule has 1 atom stereocenters. The van der Waals surface area contributed by atoms with Crippen molar-refractivity contribution in [2.75, 3.05) is 46.9 Å². The summed E-state index contributed by atoms with van der Waals surface area (Å²) in [5.74, 6) is 0.710. The molecule has 8 nitrogen and oxygen atoms in total. The molecule has 2 heterocycles. The van der Waals surface area contributed by atoms with Gasteiger partial charge in [0, 0.05) is 25.2 Å². The molecule has 2 fully saturated rings. The van der Waals surface area contributed by atoms with Crippen molar-refractivity contribution >= 4 is 15.9 Å². The van der Waals surface area contributed by atoms with Gasteiger partial charge in [0.25, 0.3) is 5.91 Å². The molecule has 34 heavy (non-hydrogen) atoms. The molecule has 2 aromatic rings. The van der Waals surface area contributed by atoms with E-state index in [0.717, 1.165) is 50.1 Å². The molecule has 2 aliphatic heterocycles. The van der Waals surface area contributed by atoms with Crippen molar-refractivity contribution in [3.8, 4) is 11.5 Å². The average molecular weight is 488 g/mol. The fourth-order valence-corrected chi connectivity index (χ4v) is 6.44. The Kier molecular flexibility index (Phi) is 7.75. The standard InChI is InChI=1S/C25H33N3O5S/c1-32-21-9-7-8-19(16-21)22(27-12-3-4-13-27)18-26-25(29)20-10-11-23(33-2)24(17-20)34(30,31)28-14-5-6-15-28/h7-11,16-17,22H,3-6,12-15,18H2,1-2H3,(H,26,29)/t22-/m1/s1. The van der Waals surface area contributed by atoms with Crippen LogP contribution >= 0.6 is 0 Å². The van der Waals surface area contributed by atoms with Crippen LogP contribution < -0.4 is 14.8 Å². The van der Waals surface area contributed by atoms with Gasteiger partial charge in [-0.3, -0.25) is 9.69 Å². The van der Waals surface area contributed by atoms with Crippen molar-refractivity contribution < 1.29 is 22.7 Å². The predicted octanol–water partition coefficient (Wildman–Crippen LogP) is 3.06. The molecule has 9 heteroatoms. The third-order valence-corrected chi connectivity index (χ3v) is 8.54. The smallest absolute Gasteiger partial charge is 0.251 e. The minimum Gasteiger partial charge on any atom is -0.497 e. The monoisotopic (exact) mass is 487 g/mol. The number of hydrogen-bond donors (Lipinski definition) is 1. The van der Waals surface area contributed by atoms with E-state index in [9.17, 15) is 13.2 Å². The Morgan fingerprint density at radius 2 is 1.68 bits per heavy atom. The van der Waals surface area contributed by atoms with Crippen molar-refractivity contribution in [1.29, 1.82) is 0 Å². The molecule has 184 valence electrons. The van der Waals surface area contributed by atoms with Crippen LogP contribution in [0.3, 0.4) is 0 Å². The first-order chi connectivity index (χ1) is 16.4. The zero-order valence-electron chi connectivity index (χ0n) is 19.8. The Labute approximate surface area is 201 Å². The van der Waals surface area contributed by atoms with Crippen LogP contribution in [0.4, 0.5) is 0 Å². The molecule has 1 amide bonds. The first-order valence-electron chi connectivity index (χ1n) is 11.8. The maximum atomic E-state index is 13.2. The maximum absolute atomic E-state index is 13.2. The highest BCUT2D eigenvalue weighted by molar-refractivity contribution is 7.89. The molecular formula is C25H33N3O5S. The van der Waals surface area contributed by atoms with Crippen LogP contribution in [0, 0.1) is 0 Å². The van der Waals surface area contributed by atoms with Crippen LogP contribution in [0.5, 0.6) is 11.5 Å². The van der Waals surface area contributed by atoms with E-state index in [0.29, 0.717) is 25.2 Å². The van der Waals surface area contributed by atoms with Crippen LogP contribution in [0.1, 0.15) is 47.6 Å². The molecule has 0 bridgehead atoms. The molecular weight excluding hydrogens is 454 g/mol. The third kappa shape index (κ3) is 5.21. The summed E-state index contributed by atoms with van der Waals surface area (Å²) in [5, 5.41) is 3.03. The van der Waals surface area contributed by atoms with Gasteiger partial charge in [-0.2, -0.15) is 4.31 Å². The van der Waals surface area contributed by atoms with E-state index < -0.39 is 10.0 Å². The average Bonchev–Trinajstić information content (AvgIpc) is 3.59. The number of likely N-dealkylation sites (tertiary alicyclic amines) is 1. The predicted molar refractivity (Wildman–Crippen MR) is 130 cm³/mol. The number of sulfonamides is 1. The maximum Gasteiger partial charge on any atom is 0.251 e. The first kappa shape index (κ1) is 24.5. The van der Waals surface area contributed by atoms with Gasteiger partial charge in [0.05, 0.1) is 20.3 Å². The summed E-state index contributed by atoms with van der Waals surface area (Å²) in [6.07, 6.45) is 3.93. The fourth-order valence-electron chi connectivity index (χ4n) is 4.74. The van der Waals surface area contributed by atoms with E-state index in [1.54, 1.807) is 19.2 Å². The fraction of sp³-hybridized carbons (Fsp3) is 0.480. The minimum atomic E-state index is -3.73. The second-order valence-corrected chi connectivity index (χ2v) is 10.6. The van der Waals surface area contributed by atoms with Gasteiger partial charge >= 0.3 is 0 Å². The molecule has 4 rings (SSSR count). The summed E-state index contributed by atoms with van der Waals surface area (Å²) in [5.41, 5.74) is 1.37.